The van der Waals surface area contributed by atoms with E-state index < -0.39 is 17.2 Å². The van der Waals surface area contributed by atoms with E-state index in [1.54, 1.807) is 13.4 Å². The Bertz CT molecular complexity index is 1310. The van der Waals surface area contributed by atoms with Gasteiger partial charge in [0.25, 0.3) is 0 Å². The Morgan fingerprint density at radius 2 is 1.97 bits per heavy atom. The Labute approximate surface area is 189 Å². The molecule has 33 heavy (non-hydrogen) atoms. The molecular formula is C25H23F2N3O3. The lowest BCUT2D eigenvalue weighted by Crippen LogP contribution is -2.32. The van der Waals surface area contributed by atoms with Crippen LogP contribution in [0.1, 0.15) is 35.4 Å². The molecule has 0 fully saturated rings. The van der Waals surface area contributed by atoms with E-state index in [-0.39, 0.29) is 6.42 Å². The number of rotatable bonds is 5. The summed E-state index contributed by atoms with van der Waals surface area (Å²) in [5, 5.41) is 15.7. The summed E-state index contributed by atoms with van der Waals surface area (Å²) in [6, 6.07) is 8.98. The van der Waals surface area contributed by atoms with E-state index in [9.17, 15) is 13.9 Å². The molecule has 170 valence electrons. The Kier molecular flexibility index (Phi) is 5.25. The summed E-state index contributed by atoms with van der Waals surface area (Å²) in [4.78, 5) is 4.26. The first-order valence-electron chi connectivity index (χ1n) is 10.7. The van der Waals surface area contributed by atoms with Gasteiger partial charge < -0.3 is 18.9 Å². The van der Waals surface area contributed by atoms with Crippen molar-refractivity contribution >= 4 is 0 Å². The van der Waals surface area contributed by atoms with Gasteiger partial charge in [0.05, 0.1) is 24.8 Å². The van der Waals surface area contributed by atoms with E-state index >= 15 is 0 Å². The Hall–Kier alpha value is -3.52. The van der Waals surface area contributed by atoms with Gasteiger partial charge in [-0.15, -0.1) is 0 Å². The van der Waals surface area contributed by atoms with Crippen molar-refractivity contribution in [3.63, 3.8) is 0 Å². The number of hydrogen-bond acceptors (Lipinski definition) is 5. The van der Waals surface area contributed by atoms with Gasteiger partial charge >= 0.3 is 0 Å². The third-order valence-corrected chi connectivity index (χ3v) is 6.09. The third kappa shape index (κ3) is 3.91. The smallest absolute Gasteiger partial charge is 0.172 e. The number of aromatic nitrogens is 3. The Morgan fingerprint density at radius 1 is 1.18 bits per heavy atom. The van der Waals surface area contributed by atoms with Crippen molar-refractivity contribution in [1.29, 1.82) is 0 Å². The normalized spacial score (nSPS) is 17.7. The molecule has 1 aliphatic carbocycles. The van der Waals surface area contributed by atoms with Crippen LogP contribution in [-0.2, 0) is 18.4 Å². The zero-order valence-corrected chi connectivity index (χ0v) is 18.3. The van der Waals surface area contributed by atoms with Crippen molar-refractivity contribution in [2.45, 2.75) is 38.2 Å². The van der Waals surface area contributed by atoms with Crippen LogP contribution in [0, 0.1) is 18.6 Å². The molecule has 2 heterocycles. The van der Waals surface area contributed by atoms with Crippen molar-refractivity contribution in [3.05, 3.63) is 83.1 Å². The predicted molar refractivity (Wildman–Crippen MR) is 117 cm³/mol. The minimum Gasteiger partial charge on any atom is -0.495 e. The quantitative estimate of drug-likeness (QED) is 0.468. The van der Waals surface area contributed by atoms with Gasteiger partial charge in [0.2, 0.25) is 0 Å². The zero-order chi connectivity index (χ0) is 23.2. The molecule has 0 radical (unpaired) electrons. The van der Waals surface area contributed by atoms with E-state index in [0.717, 1.165) is 28.6 Å². The molecule has 4 aromatic rings. The molecule has 0 amide bonds. The lowest BCUT2D eigenvalue weighted by molar-refractivity contribution is -0.00742. The topological polar surface area (TPSA) is 73.3 Å². The number of imidazole rings is 1. The van der Waals surface area contributed by atoms with Gasteiger partial charge in [-0.25, -0.2) is 13.8 Å². The van der Waals surface area contributed by atoms with Gasteiger partial charge in [0.15, 0.2) is 5.76 Å². The van der Waals surface area contributed by atoms with Gasteiger partial charge in [0, 0.05) is 29.8 Å². The average Bonchev–Trinajstić information content (AvgIpc) is 3.40. The molecule has 1 atom stereocenters. The molecular weight excluding hydrogens is 428 g/mol. The number of methoxy groups -OCH3 is 1. The highest BCUT2D eigenvalue weighted by Gasteiger charge is 2.40. The van der Waals surface area contributed by atoms with Crippen LogP contribution in [0.2, 0.25) is 0 Å². The number of ether oxygens (including phenoxy) is 1. The zero-order valence-electron chi connectivity index (χ0n) is 18.3. The second-order valence-electron chi connectivity index (χ2n) is 8.49. The van der Waals surface area contributed by atoms with Crippen LogP contribution < -0.4 is 4.74 Å². The molecule has 0 bridgehead atoms. The molecule has 1 N–H and O–H groups in total. The molecule has 0 saturated heterocycles. The molecule has 0 spiro atoms. The van der Waals surface area contributed by atoms with Crippen LogP contribution in [0.15, 0.2) is 53.4 Å². The van der Waals surface area contributed by atoms with Crippen LogP contribution in [0.4, 0.5) is 8.78 Å². The summed E-state index contributed by atoms with van der Waals surface area (Å²) >= 11 is 0. The van der Waals surface area contributed by atoms with Gasteiger partial charge in [-0.1, -0.05) is 11.2 Å². The highest BCUT2D eigenvalue weighted by Crippen LogP contribution is 2.42. The van der Waals surface area contributed by atoms with E-state index in [1.165, 1.54) is 12.1 Å². The van der Waals surface area contributed by atoms with Crippen molar-refractivity contribution in [1.82, 2.24) is 14.7 Å². The van der Waals surface area contributed by atoms with Crippen molar-refractivity contribution < 1.29 is 23.1 Å². The fraction of sp³-hybridized carbons (Fsp3) is 0.280. The molecule has 1 aliphatic rings. The summed E-state index contributed by atoms with van der Waals surface area (Å²) < 4.78 is 40.5. The van der Waals surface area contributed by atoms with Gasteiger partial charge in [-0.2, -0.15) is 0 Å². The summed E-state index contributed by atoms with van der Waals surface area (Å²) in [6.07, 6.45) is 5.45. The fourth-order valence-corrected chi connectivity index (χ4v) is 4.62. The number of hydrogen-bond donors (Lipinski definition) is 1. The number of halogens is 2. The highest BCUT2D eigenvalue weighted by molar-refractivity contribution is 5.69. The van der Waals surface area contributed by atoms with Gasteiger partial charge in [-0.3, -0.25) is 0 Å². The number of nitrogens with zero attached hydrogens (tertiary/aromatic N) is 3. The van der Waals surface area contributed by atoms with Crippen LogP contribution in [0.3, 0.4) is 0 Å². The largest absolute Gasteiger partial charge is 0.495 e. The molecule has 8 heteroatoms. The van der Waals surface area contributed by atoms with E-state index in [4.69, 9.17) is 9.26 Å². The van der Waals surface area contributed by atoms with E-state index in [0.29, 0.717) is 42.0 Å². The maximum Gasteiger partial charge on any atom is 0.172 e. The average molecular weight is 451 g/mol. The number of fused-ring (bicyclic) bond motifs is 1. The minimum atomic E-state index is -1.39. The van der Waals surface area contributed by atoms with Crippen LogP contribution >= 0.6 is 0 Å². The minimum absolute atomic E-state index is 0.0333. The molecule has 2 aromatic heterocycles. The van der Waals surface area contributed by atoms with Gasteiger partial charge in [-0.05, 0) is 56.0 Å². The third-order valence-electron chi connectivity index (χ3n) is 6.09. The van der Waals surface area contributed by atoms with Crippen LogP contribution in [0.5, 0.6) is 5.75 Å². The molecule has 0 aliphatic heterocycles. The van der Waals surface area contributed by atoms with Crippen molar-refractivity contribution in [3.8, 4) is 22.7 Å². The van der Waals surface area contributed by atoms with Crippen molar-refractivity contribution in [2.75, 3.05) is 7.11 Å². The molecule has 0 saturated carbocycles. The first-order valence-corrected chi connectivity index (χ1v) is 10.7. The molecule has 2 aromatic carbocycles. The maximum absolute atomic E-state index is 13.7. The predicted octanol–water partition coefficient (Wildman–Crippen LogP) is 4.89. The summed E-state index contributed by atoms with van der Waals surface area (Å²) in [5.74, 6) is -0.365. The van der Waals surface area contributed by atoms with Gasteiger partial charge in [0.1, 0.15) is 28.7 Å². The summed E-state index contributed by atoms with van der Waals surface area (Å²) in [6.45, 7) is 1.92. The molecule has 5 rings (SSSR count). The number of aliphatic hydroxyl groups is 1. The lowest BCUT2D eigenvalue weighted by Gasteiger charge is -2.30. The Balaban J connectivity index is 1.51. The highest BCUT2D eigenvalue weighted by atomic mass is 19.1. The number of aryl methyl sites for hydroxylation is 1. The summed E-state index contributed by atoms with van der Waals surface area (Å²) in [5.41, 5.74) is 2.92. The standard InChI is InChI=1S/C25H23F2N3O3/c1-15-13-30(14-28-15)21-6-5-17(10-22(21)32-2)23-20-4-3-7-25(31,24(20)33-29-23)12-16-8-18(26)11-19(27)9-16/h5-6,8-11,13-14,31H,3-4,7,12H2,1-2H3. The molecule has 6 nitrogen and oxygen atoms in total. The lowest BCUT2D eigenvalue weighted by atomic mass is 9.79. The van der Waals surface area contributed by atoms with Crippen molar-refractivity contribution in [2.24, 2.45) is 0 Å². The first kappa shape index (κ1) is 21.3. The fourth-order valence-electron chi connectivity index (χ4n) is 4.62. The second-order valence-corrected chi connectivity index (χ2v) is 8.49. The van der Waals surface area contributed by atoms with E-state index in [1.807, 2.05) is 35.9 Å². The second kappa shape index (κ2) is 8.12. The monoisotopic (exact) mass is 451 g/mol. The first-order chi connectivity index (χ1) is 15.9. The SMILES string of the molecule is COc1cc(-c2noc3c2CCCC3(O)Cc2cc(F)cc(F)c2)ccc1-n1cnc(C)c1. The van der Waals surface area contributed by atoms with E-state index in [2.05, 4.69) is 10.1 Å². The Morgan fingerprint density at radius 3 is 2.67 bits per heavy atom. The van der Waals surface area contributed by atoms with Crippen LogP contribution in [0.25, 0.3) is 16.9 Å². The number of benzene rings is 2. The molecule has 1 unspecified atom stereocenters. The summed E-state index contributed by atoms with van der Waals surface area (Å²) in [7, 11) is 1.60. The van der Waals surface area contributed by atoms with Crippen LogP contribution in [-0.4, -0.2) is 26.9 Å². The maximum atomic E-state index is 13.7.